The van der Waals surface area contributed by atoms with Gasteiger partial charge in [0.25, 0.3) is 11.1 Å². The first-order chi connectivity index (χ1) is 7.15. The molecule has 1 N–H and O–H groups in total. The average molecular weight is 273 g/mol. The minimum atomic E-state index is -0.223. The maximum atomic E-state index is 11.5. The molecule has 0 amide bonds. The summed E-state index contributed by atoms with van der Waals surface area (Å²) >= 11 is 3.48. The Morgan fingerprint density at radius 1 is 1.40 bits per heavy atom. The maximum absolute atomic E-state index is 11.5. The quantitative estimate of drug-likeness (QED) is 0.838. The van der Waals surface area contributed by atoms with E-state index in [1.165, 1.54) is 23.2 Å². The molecular formula is C10H13BrN2O2. The summed E-state index contributed by atoms with van der Waals surface area (Å²) < 4.78 is 1.42. The molecule has 0 saturated heterocycles. The van der Waals surface area contributed by atoms with Crippen LogP contribution in [0.3, 0.4) is 0 Å². The van der Waals surface area contributed by atoms with Gasteiger partial charge < -0.3 is 0 Å². The highest BCUT2D eigenvalue weighted by molar-refractivity contribution is 9.09. The standard InChI is InChI=1S/C10H13BrN2O2/c11-6-10(4-1-5-10)7-13-9(15)3-2-8(14)12-13/h2-3H,1,4-7H2,(H,12,14). The third kappa shape index (κ3) is 2.07. The van der Waals surface area contributed by atoms with Crippen LogP contribution in [0.1, 0.15) is 19.3 Å². The monoisotopic (exact) mass is 272 g/mol. The number of nitrogens with one attached hydrogen (secondary N) is 1. The lowest BCUT2D eigenvalue weighted by Crippen LogP contribution is -2.41. The van der Waals surface area contributed by atoms with Gasteiger partial charge in [-0.3, -0.25) is 14.7 Å². The van der Waals surface area contributed by atoms with Crippen molar-refractivity contribution in [3.63, 3.8) is 0 Å². The Bertz CT molecular complexity index is 453. The van der Waals surface area contributed by atoms with Crippen molar-refractivity contribution in [1.29, 1.82) is 0 Å². The van der Waals surface area contributed by atoms with Gasteiger partial charge in [0.05, 0.1) is 0 Å². The Morgan fingerprint density at radius 3 is 2.67 bits per heavy atom. The van der Waals surface area contributed by atoms with Crippen molar-refractivity contribution < 1.29 is 0 Å². The van der Waals surface area contributed by atoms with Crippen molar-refractivity contribution in [3.8, 4) is 0 Å². The van der Waals surface area contributed by atoms with E-state index < -0.39 is 0 Å². The number of H-pyrrole nitrogens is 1. The molecule has 1 aromatic heterocycles. The van der Waals surface area contributed by atoms with Crippen LogP contribution >= 0.6 is 15.9 Å². The molecule has 1 aliphatic carbocycles. The molecule has 1 aromatic rings. The van der Waals surface area contributed by atoms with E-state index in [4.69, 9.17) is 0 Å². The molecule has 5 heteroatoms. The van der Waals surface area contributed by atoms with Crippen molar-refractivity contribution in [1.82, 2.24) is 9.78 Å². The third-order valence-corrected chi connectivity index (χ3v) is 4.27. The zero-order valence-corrected chi connectivity index (χ0v) is 9.92. The summed E-state index contributed by atoms with van der Waals surface area (Å²) in [5.74, 6) is 0. The molecule has 0 aliphatic heterocycles. The van der Waals surface area contributed by atoms with Crippen LogP contribution < -0.4 is 11.1 Å². The molecule has 0 radical (unpaired) electrons. The van der Waals surface area contributed by atoms with E-state index in [1.54, 1.807) is 0 Å². The largest absolute Gasteiger partial charge is 0.268 e. The van der Waals surface area contributed by atoms with E-state index in [-0.39, 0.29) is 16.5 Å². The van der Waals surface area contributed by atoms with E-state index in [0.717, 1.165) is 18.2 Å². The summed E-state index contributed by atoms with van der Waals surface area (Å²) in [5.41, 5.74) is -0.200. The lowest BCUT2D eigenvalue weighted by Gasteiger charge is -2.40. The van der Waals surface area contributed by atoms with Crippen LogP contribution in [-0.4, -0.2) is 15.1 Å². The highest BCUT2D eigenvalue weighted by Gasteiger charge is 2.36. The molecule has 0 bridgehead atoms. The minimum absolute atomic E-state index is 0.137. The molecule has 1 heterocycles. The Hall–Kier alpha value is -0.840. The van der Waals surface area contributed by atoms with Crippen molar-refractivity contribution in [2.24, 2.45) is 5.41 Å². The fourth-order valence-corrected chi connectivity index (χ4v) is 2.66. The molecule has 2 rings (SSSR count). The number of nitrogens with zero attached hydrogens (tertiary/aromatic N) is 1. The van der Waals surface area contributed by atoms with Gasteiger partial charge in [-0.15, -0.1) is 0 Å². The molecule has 0 aromatic carbocycles. The van der Waals surface area contributed by atoms with Crippen molar-refractivity contribution in [2.45, 2.75) is 25.8 Å². The molecule has 1 fully saturated rings. The first kappa shape index (κ1) is 10.7. The van der Waals surface area contributed by atoms with Gasteiger partial charge in [-0.25, -0.2) is 4.68 Å². The van der Waals surface area contributed by atoms with Crippen LogP contribution in [0.5, 0.6) is 0 Å². The van der Waals surface area contributed by atoms with Crippen LogP contribution in [0, 0.1) is 5.41 Å². The van der Waals surface area contributed by atoms with E-state index in [9.17, 15) is 9.59 Å². The molecule has 0 spiro atoms. The maximum Gasteiger partial charge on any atom is 0.265 e. The Labute approximate surface area is 95.4 Å². The highest BCUT2D eigenvalue weighted by atomic mass is 79.9. The van der Waals surface area contributed by atoms with Gasteiger partial charge in [-0.05, 0) is 18.3 Å². The fourth-order valence-electron chi connectivity index (χ4n) is 1.93. The second kappa shape index (κ2) is 3.96. The molecule has 82 valence electrons. The Morgan fingerprint density at radius 2 is 2.13 bits per heavy atom. The normalized spacial score (nSPS) is 18.5. The second-order valence-corrected chi connectivity index (χ2v) is 4.78. The molecule has 0 atom stereocenters. The second-order valence-electron chi connectivity index (χ2n) is 4.22. The first-order valence-corrected chi connectivity index (χ1v) is 6.14. The van der Waals surface area contributed by atoms with Gasteiger partial charge >= 0.3 is 0 Å². The predicted octanol–water partition coefficient (Wildman–Crippen LogP) is 1.10. The van der Waals surface area contributed by atoms with Crippen LogP contribution in [0.15, 0.2) is 21.7 Å². The lowest BCUT2D eigenvalue weighted by molar-refractivity contribution is 0.131. The van der Waals surface area contributed by atoms with Crippen molar-refractivity contribution in [2.75, 3.05) is 5.33 Å². The SMILES string of the molecule is O=c1ccc(=O)n(CC2(CBr)CCC2)[nH]1. The van der Waals surface area contributed by atoms with E-state index in [1.807, 2.05) is 0 Å². The van der Waals surface area contributed by atoms with E-state index in [2.05, 4.69) is 21.0 Å². The number of alkyl halides is 1. The number of hydrogen-bond donors (Lipinski definition) is 1. The summed E-state index contributed by atoms with van der Waals surface area (Å²) in [7, 11) is 0. The number of halogens is 1. The first-order valence-electron chi connectivity index (χ1n) is 5.01. The van der Waals surface area contributed by atoms with Crippen LogP contribution in [0.4, 0.5) is 0 Å². The van der Waals surface area contributed by atoms with Gasteiger partial charge in [0.15, 0.2) is 0 Å². The Balaban J connectivity index is 2.27. The molecule has 0 unspecified atom stereocenters. The topological polar surface area (TPSA) is 54.9 Å². The molecule has 1 saturated carbocycles. The number of aromatic amines is 1. The van der Waals surface area contributed by atoms with Gasteiger partial charge in [0.2, 0.25) is 0 Å². The Kier molecular flexibility index (Phi) is 2.82. The van der Waals surface area contributed by atoms with E-state index >= 15 is 0 Å². The molecule has 15 heavy (non-hydrogen) atoms. The van der Waals surface area contributed by atoms with Gasteiger partial charge in [-0.1, -0.05) is 22.4 Å². The van der Waals surface area contributed by atoms with Gasteiger partial charge in [0, 0.05) is 24.0 Å². The zero-order valence-electron chi connectivity index (χ0n) is 8.33. The van der Waals surface area contributed by atoms with Crippen LogP contribution in [0.2, 0.25) is 0 Å². The third-order valence-electron chi connectivity index (χ3n) is 3.08. The summed E-state index contributed by atoms with van der Waals surface area (Å²) in [4.78, 5) is 22.6. The van der Waals surface area contributed by atoms with E-state index in [0.29, 0.717) is 6.54 Å². The fraction of sp³-hybridized carbons (Fsp3) is 0.600. The number of hydrogen-bond acceptors (Lipinski definition) is 2. The van der Waals surface area contributed by atoms with Crippen LogP contribution in [-0.2, 0) is 6.54 Å². The van der Waals surface area contributed by atoms with Gasteiger partial charge in [0.1, 0.15) is 0 Å². The summed E-state index contributed by atoms with van der Waals surface area (Å²) in [5, 5.41) is 3.44. The minimum Gasteiger partial charge on any atom is -0.268 e. The number of aromatic nitrogens is 2. The molecular weight excluding hydrogens is 260 g/mol. The average Bonchev–Trinajstić information content (AvgIpc) is 2.17. The van der Waals surface area contributed by atoms with Gasteiger partial charge in [-0.2, -0.15) is 0 Å². The molecule has 1 aliphatic rings. The van der Waals surface area contributed by atoms with Crippen molar-refractivity contribution in [3.05, 3.63) is 32.8 Å². The predicted molar refractivity (Wildman–Crippen MR) is 61.4 cm³/mol. The summed E-state index contributed by atoms with van der Waals surface area (Å²) in [6, 6.07) is 2.58. The summed E-state index contributed by atoms with van der Waals surface area (Å²) in [6.45, 7) is 0.604. The summed E-state index contributed by atoms with van der Waals surface area (Å²) in [6.07, 6.45) is 3.43. The highest BCUT2D eigenvalue weighted by Crippen LogP contribution is 2.43. The lowest BCUT2D eigenvalue weighted by atomic mass is 9.70. The smallest absolute Gasteiger partial charge is 0.265 e. The molecule has 4 nitrogen and oxygen atoms in total. The van der Waals surface area contributed by atoms with Crippen LogP contribution in [0.25, 0.3) is 0 Å². The van der Waals surface area contributed by atoms with Crippen molar-refractivity contribution >= 4 is 15.9 Å². The zero-order chi connectivity index (χ0) is 10.9. The number of rotatable bonds is 3.